The van der Waals surface area contributed by atoms with Crippen LogP contribution in [-0.4, -0.2) is 19.1 Å². The third kappa shape index (κ3) is 11.9. The average Bonchev–Trinajstić information content (AvgIpc) is 2.41. The lowest BCUT2D eigenvalue weighted by atomic mass is 9.81. The van der Waals surface area contributed by atoms with Gasteiger partial charge in [-0.2, -0.15) is 5.26 Å². The molecule has 0 saturated carbocycles. The minimum atomic E-state index is -0.606. The smallest absolute Gasteiger partial charge is 0.106 e. The normalized spacial score (nSPS) is 14.8. The van der Waals surface area contributed by atoms with Crippen molar-refractivity contribution in [3.05, 3.63) is 12.3 Å². The monoisotopic (exact) mass is 373 g/mol. The maximum atomic E-state index is 9.40. The van der Waals surface area contributed by atoms with Gasteiger partial charge in [-0.15, -0.1) is 11.8 Å². The first-order valence-corrected chi connectivity index (χ1v) is 10.1. The van der Waals surface area contributed by atoms with Gasteiger partial charge in [0.15, 0.2) is 0 Å². The van der Waals surface area contributed by atoms with Crippen molar-refractivity contribution in [3.8, 4) is 6.07 Å². The molecule has 2 nitrogen and oxygen atoms in total. The molecule has 1 N–H and O–H groups in total. The molecule has 0 aliphatic heterocycles. The Morgan fingerprint density at radius 1 is 1.13 bits per heavy atom. The molecule has 1 unspecified atom stereocenters. The number of hydrogen-bond acceptors (Lipinski definition) is 5. The predicted molar refractivity (Wildman–Crippen MR) is 110 cm³/mol. The Kier molecular flexibility index (Phi) is 9.27. The van der Waals surface area contributed by atoms with Gasteiger partial charge in [-0.1, -0.05) is 65.2 Å². The highest BCUT2D eigenvalue weighted by Crippen LogP contribution is 2.38. The van der Waals surface area contributed by atoms with Gasteiger partial charge >= 0.3 is 0 Å². The van der Waals surface area contributed by atoms with E-state index in [0.29, 0.717) is 18.3 Å². The first kappa shape index (κ1) is 22.8. The van der Waals surface area contributed by atoms with Crippen molar-refractivity contribution in [2.24, 2.45) is 10.8 Å². The molecule has 0 aliphatic rings. The number of rotatable bonds is 8. The van der Waals surface area contributed by atoms with Crippen LogP contribution in [0.25, 0.3) is 0 Å². The highest BCUT2D eigenvalue weighted by atomic mass is 32.2. The molecule has 0 bridgehead atoms. The molecule has 0 rings (SSSR count). The van der Waals surface area contributed by atoms with Gasteiger partial charge in [0, 0.05) is 12.2 Å². The molecule has 0 aliphatic carbocycles. The number of nitrogens with zero attached hydrogens (tertiary/aromatic N) is 1. The van der Waals surface area contributed by atoms with Crippen molar-refractivity contribution in [3.63, 3.8) is 0 Å². The second-order valence-corrected chi connectivity index (χ2v) is 12.0. The van der Waals surface area contributed by atoms with E-state index in [9.17, 15) is 10.4 Å². The van der Waals surface area contributed by atoms with Gasteiger partial charge in [0.05, 0.1) is 11.8 Å². The molecule has 0 heterocycles. The van der Waals surface area contributed by atoms with Crippen LogP contribution in [0.1, 0.15) is 67.2 Å². The van der Waals surface area contributed by atoms with E-state index in [1.165, 1.54) is 18.2 Å². The number of nitriles is 1. The Morgan fingerprint density at radius 3 is 2.13 bits per heavy atom. The van der Waals surface area contributed by atoms with Crippen molar-refractivity contribution < 1.29 is 5.11 Å². The lowest BCUT2D eigenvalue weighted by Crippen LogP contribution is -2.21. The summed E-state index contributed by atoms with van der Waals surface area (Å²) < 4.78 is 0.201. The van der Waals surface area contributed by atoms with Gasteiger partial charge < -0.3 is 5.11 Å². The van der Waals surface area contributed by atoms with Crippen molar-refractivity contribution in [2.75, 3.05) is 5.75 Å². The SMILES string of the molecule is C=C(O)CCC(C)(C#N)SC(=S)SCC(C)(C)CCC(C)(C)C. The summed E-state index contributed by atoms with van der Waals surface area (Å²) in [5.41, 5.74) is 0.578. The summed E-state index contributed by atoms with van der Waals surface area (Å²) >= 11 is 8.57. The fourth-order valence-corrected chi connectivity index (χ4v) is 4.73. The molecule has 132 valence electrons. The molecule has 0 spiro atoms. The highest BCUT2D eigenvalue weighted by Gasteiger charge is 2.28. The topological polar surface area (TPSA) is 44.0 Å². The van der Waals surface area contributed by atoms with Crippen LogP contribution >= 0.6 is 35.7 Å². The van der Waals surface area contributed by atoms with E-state index in [-0.39, 0.29) is 11.2 Å². The molecule has 5 heteroatoms. The fraction of sp³-hybridized carbons (Fsp3) is 0.778. The minimum absolute atomic E-state index is 0.119. The summed E-state index contributed by atoms with van der Waals surface area (Å²) in [6.45, 7) is 16.7. The molecule has 23 heavy (non-hydrogen) atoms. The quantitative estimate of drug-likeness (QED) is 0.377. The van der Waals surface area contributed by atoms with Crippen LogP contribution in [0.4, 0.5) is 0 Å². The Hall–Kier alpha value is -0.180. The number of aliphatic hydroxyl groups excluding tert-OH is 1. The standard InChI is InChI=1S/C18H31NOS3/c1-14(20)8-9-18(7,12-19)23-15(21)22-13-17(5,6)11-10-16(2,3)4/h20H,1,8-11,13H2,2-7H3. The molecule has 0 aromatic heterocycles. The van der Waals surface area contributed by atoms with Crippen LogP contribution in [0.5, 0.6) is 0 Å². The lowest BCUT2D eigenvalue weighted by Gasteiger charge is -2.29. The zero-order valence-electron chi connectivity index (χ0n) is 15.4. The van der Waals surface area contributed by atoms with Crippen molar-refractivity contribution in [1.82, 2.24) is 0 Å². The van der Waals surface area contributed by atoms with Gasteiger partial charge in [-0.05, 0) is 37.0 Å². The van der Waals surface area contributed by atoms with E-state index in [2.05, 4.69) is 47.3 Å². The Labute approximate surface area is 156 Å². The third-order valence-electron chi connectivity index (χ3n) is 3.57. The Morgan fingerprint density at radius 2 is 1.70 bits per heavy atom. The van der Waals surface area contributed by atoms with E-state index in [4.69, 9.17) is 12.2 Å². The van der Waals surface area contributed by atoms with Crippen molar-refractivity contribution in [1.29, 1.82) is 5.26 Å². The second kappa shape index (κ2) is 9.34. The van der Waals surface area contributed by atoms with E-state index in [0.717, 1.165) is 15.7 Å². The number of allylic oxidation sites excluding steroid dienone is 1. The van der Waals surface area contributed by atoms with Gasteiger partial charge in [0.25, 0.3) is 0 Å². The van der Waals surface area contributed by atoms with Crippen LogP contribution in [0.15, 0.2) is 12.3 Å². The summed E-state index contributed by atoms with van der Waals surface area (Å²) in [4.78, 5) is 0. The van der Waals surface area contributed by atoms with E-state index in [1.54, 1.807) is 11.8 Å². The summed E-state index contributed by atoms with van der Waals surface area (Å²) in [6, 6.07) is 2.32. The summed E-state index contributed by atoms with van der Waals surface area (Å²) in [5.74, 6) is 1.08. The molecule has 1 atom stereocenters. The minimum Gasteiger partial charge on any atom is -0.513 e. The lowest BCUT2D eigenvalue weighted by molar-refractivity contribution is 0.279. The number of thiocarbonyl (C=S) groups is 1. The van der Waals surface area contributed by atoms with Crippen LogP contribution in [0.2, 0.25) is 0 Å². The van der Waals surface area contributed by atoms with Crippen molar-refractivity contribution >= 4 is 39.3 Å². The molecule has 0 saturated heterocycles. The molecule has 0 aromatic carbocycles. The largest absolute Gasteiger partial charge is 0.513 e. The molecular weight excluding hydrogens is 342 g/mol. The summed E-state index contributed by atoms with van der Waals surface area (Å²) in [6.07, 6.45) is 3.34. The molecule has 0 fully saturated rings. The predicted octanol–water partition coefficient (Wildman–Crippen LogP) is 6.72. The van der Waals surface area contributed by atoms with E-state index < -0.39 is 4.75 Å². The maximum absolute atomic E-state index is 9.40. The highest BCUT2D eigenvalue weighted by molar-refractivity contribution is 8.47. The summed E-state index contributed by atoms with van der Waals surface area (Å²) in [7, 11) is 0. The second-order valence-electron chi connectivity index (χ2n) is 8.27. The van der Waals surface area contributed by atoms with E-state index in [1.807, 2.05) is 6.92 Å². The number of hydrogen-bond donors (Lipinski definition) is 1. The zero-order valence-corrected chi connectivity index (χ0v) is 17.8. The van der Waals surface area contributed by atoms with E-state index >= 15 is 0 Å². The van der Waals surface area contributed by atoms with Crippen LogP contribution in [-0.2, 0) is 0 Å². The fourth-order valence-electron chi connectivity index (χ4n) is 1.77. The first-order chi connectivity index (χ1) is 10.3. The maximum Gasteiger partial charge on any atom is 0.106 e. The average molecular weight is 374 g/mol. The first-order valence-electron chi connectivity index (χ1n) is 7.92. The molecule has 0 amide bonds. The van der Waals surface area contributed by atoms with Crippen molar-refractivity contribution in [2.45, 2.75) is 72.0 Å². The van der Waals surface area contributed by atoms with Gasteiger partial charge in [0.2, 0.25) is 0 Å². The molecular formula is C18H31NOS3. The Bertz CT molecular complexity index is 460. The van der Waals surface area contributed by atoms with Crippen LogP contribution in [0.3, 0.4) is 0 Å². The Balaban J connectivity index is 4.42. The van der Waals surface area contributed by atoms with Crippen LogP contribution < -0.4 is 0 Å². The molecule has 0 radical (unpaired) electrons. The third-order valence-corrected chi connectivity index (χ3v) is 6.85. The molecule has 0 aromatic rings. The number of thioether (sulfide) groups is 2. The van der Waals surface area contributed by atoms with Gasteiger partial charge in [0.1, 0.15) is 8.28 Å². The van der Waals surface area contributed by atoms with Crippen LogP contribution in [0, 0.1) is 22.2 Å². The van der Waals surface area contributed by atoms with Gasteiger partial charge in [-0.25, -0.2) is 0 Å². The summed E-state index contributed by atoms with van der Waals surface area (Å²) in [5, 5.41) is 18.6. The zero-order chi connectivity index (χ0) is 18.3. The number of aliphatic hydroxyl groups is 1. The van der Waals surface area contributed by atoms with Gasteiger partial charge in [-0.3, -0.25) is 0 Å².